The van der Waals surface area contributed by atoms with Crippen molar-refractivity contribution in [1.29, 1.82) is 0 Å². The quantitative estimate of drug-likeness (QED) is 0.285. The number of oxazole rings is 1. The third kappa shape index (κ3) is 5.36. The van der Waals surface area contributed by atoms with Crippen molar-refractivity contribution < 1.29 is 28.4 Å². The molecule has 1 aliphatic heterocycles. The number of primary amides is 1. The molecule has 12 heteroatoms. The van der Waals surface area contributed by atoms with Crippen molar-refractivity contribution in [3.63, 3.8) is 0 Å². The Morgan fingerprint density at radius 2 is 1.69 bits per heavy atom. The minimum Gasteiger partial charge on any atom is -0.446 e. The fraction of sp³-hybridized carbons (Fsp3) is 0.758. The Labute approximate surface area is 265 Å². The van der Waals surface area contributed by atoms with Gasteiger partial charge >= 0.3 is 0 Å². The molecule has 0 aromatic carbocycles. The summed E-state index contributed by atoms with van der Waals surface area (Å²) in [7, 11) is 0. The van der Waals surface area contributed by atoms with E-state index in [1.54, 1.807) is 18.7 Å². The molecule has 5 rings (SSSR count). The number of nitrogens with one attached hydrogen (secondary N) is 2. The number of likely N-dealkylation sites (tertiary alicyclic amines) is 1. The van der Waals surface area contributed by atoms with Crippen LogP contribution in [0.5, 0.6) is 0 Å². The van der Waals surface area contributed by atoms with E-state index in [0.29, 0.717) is 19.4 Å². The van der Waals surface area contributed by atoms with E-state index in [2.05, 4.69) is 29.5 Å². The van der Waals surface area contributed by atoms with Crippen LogP contribution in [0.2, 0.25) is 0 Å². The first-order chi connectivity index (χ1) is 20.8. The molecule has 1 aromatic heterocycles. The van der Waals surface area contributed by atoms with Gasteiger partial charge in [-0.25, -0.2) is 4.98 Å². The monoisotopic (exact) mass is 626 g/mol. The van der Waals surface area contributed by atoms with E-state index in [-0.39, 0.29) is 39.7 Å². The van der Waals surface area contributed by atoms with Gasteiger partial charge in [0.25, 0.3) is 11.8 Å². The first-order valence-electron chi connectivity index (χ1n) is 16.3. The van der Waals surface area contributed by atoms with Crippen LogP contribution >= 0.6 is 0 Å². The van der Waals surface area contributed by atoms with Crippen molar-refractivity contribution in [2.45, 2.75) is 123 Å². The zero-order chi connectivity index (χ0) is 33.3. The molecule has 2 heterocycles. The van der Waals surface area contributed by atoms with E-state index in [1.165, 1.54) is 6.26 Å². The number of fused-ring (bicyclic) bond motifs is 1. The fourth-order valence-corrected chi connectivity index (χ4v) is 8.49. The van der Waals surface area contributed by atoms with Crippen LogP contribution in [0.15, 0.2) is 10.7 Å². The second-order valence-corrected chi connectivity index (χ2v) is 16.2. The molecular formula is C33H50N6O6. The third-order valence-corrected chi connectivity index (χ3v) is 11.7. The summed E-state index contributed by atoms with van der Waals surface area (Å²) in [5.41, 5.74) is 9.49. The maximum atomic E-state index is 14.6. The molecule has 4 amide bonds. The van der Waals surface area contributed by atoms with Gasteiger partial charge in [-0.2, -0.15) is 0 Å². The number of aromatic nitrogens is 1. The van der Waals surface area contributed by atoms with E-state index in [4.69, 9.17) is 15.9 Å². The zero-order valence-electron chi connectivity index (χ0n) is 27.7. The van der Waals surface area contributed by atoms with Crippen molar-refractivity contribution >= 4 is 29.4 Å². The van der Waals surface area contributed by atoms with Gasteiger partial charge < -0.3 is 31.4 Å². The van der Waals surface area contributed by atoms with Crippen LogP contribution in [-0.4, -0.2) is 64.0 Å². The summed E-state index contributed by atoms with van der Waals surface area (Å²) in [5.74, 6) is -2.94. The van der Waals surface area contributed by atoms with Crippen LogP contribution in [0.4, 0.5) is 0 Å². The zero-order valence-corrected chi connectivity index (χ0v) is 27.7. The minimum absolute atomic E-state index is 0.00157. The number of amides is 4. The standard InChI is InChI=1S/C33H50N6O6/c1-29(2,3)23(38-25(42)20-16-45-28(37-20)30(4,5)35)27(44)39-17-33(31(6,7)32(33)12-9-13-32)15-21(39)26(43)36-19(22(40)24(34)41)14-18-10-8-11-18/h16,18-19,21,23H,8-15,17,35H2,1-7H3,(H2,34,41)(H,36,43)(H,38,42)/t19?,21-,23+,33+/m0/s1. The van der Waals surface area contributed by atoms with Crippen LogP contribution in [0.3, 0.4) is 0 Å². The maximum Gasteiger partial charge on any atom is 0.287 e. The number of hydrogen-bond donors (Lipinski definition) is 4. The van der Waals surface area contributed by atoms with Crippen LogP contribution in [-0.2, 0) is 24.7 Å². The highest BCUT2D eigenvalue weighted by Crippen LogP contribution is 2.88. The van der Waals surface area contributed by atoms with Gasteiger partial charge in [0.15, 0.2) is 5.69 Å². The lowest BCUT2D eigenvalue weighted by atomic mass is 9.73. The molecule has 6 N–H and O–H groups in total. The van der Waals surface area contributed by atoms with Gasteiger partial charge in [-0.15, -0.1) is 0 Å². The SMILES string of the molecule is CC(C)(N)c1nc(C(=O)N[C@H](C(=O)N2C[C@]3(C[C@H]2C(=O)NC(CC2CCC2)C(=O)C(N)=O)C(C)(C)C32CCC2)C(C)(C)C)co1. The summed E-state index contributed by atoms with van der Waals surface area (Å²) in [6.07, 6.45) is 8.07. The number of ketones is 1. The Kier molecular flexibility index (Phi) is 8.03. The van der Waals surface area contributed by atoms with E-state index < -0.39 is 52.6 Å². The molecule has 4 atom stereocenters. The number of nitrogens with two attached hydrogens (primary N) is 2. The van der Waals surface area contributed by atoms with Crippen LogP contribution in [0.1, 0.15) is 116 Å². The van der Waals surface area contributed by atoms with E-state index in [0.717, 1.165) is 38.5 Å². The smallest absolute Gasteiger partial charge is 0.287 e. The van der Waals surface area contributed by atoms with Crippen LogP contribution in [0, 0.1) is 27.6 Å². The number of nitrogens with zero attached hydrogens (tertiary/aromatic N) is 2. The highest BCUT2D eigenvalue weighted by Gasteiger charge is 2.85. The average molecular weight is 627 g/mol. The maximum absolute atomic E-state index is 14.6. The molecule has 0 bridgehead atoms. The molecule has 4 aliphatic rings. The molecule has 1 aromatic rings. The Hall–Kier alpha value is -3.28. The molecule has 0 radical (unpaired) electrons. The van der Waals surface area contributed by atoms with Gasteiger partial charge in [0, 0.05) is 12.0 Å². The molecule has 1 unspecified atom stereocenters. The summed E-state index contributed by atoms with van der Waals surface area (Å²) in [4.78, 5) is 72.6. The van der Waals surface area contributed by atoms with Crippen molar-refractivity contribution in [3.05, 3.63) is 17.8 Å². The number of rotatable bonds is 10. The molecule has 4 fully saturated rings. The van der Waals surface area contributed by atoms with Crippen molar-refractivity contribution in [3.8, 4) is 0 Å². The lowest BCUT2D eigenvalue weighted by Crippen LogP contribution is -2.59. The molecule has 248 valence electrons. The highest BCUT2D eigenvalue weighted by molar-refractivity contribution is 6.37. The lowest BCUT2D eigenvalue weighted by molar-refractivity contribution is -0.143. The first kappa shape index (κ1) is 33.1. The van der Waals surface area contributed by atoms with Gasteiger partial charge in [0.1, 0.15) is 18.3 Å². The average Bonchev–Trinajstić information content (AvgIpc) is 3.34. The fourth-order valence-electron chi connectivity index (χ4n) is 8.49. The van der Waals surface area contributed by atoms with E-state index >= 15 is 0 Å². The van der Waals surface area contributed by atoms with Gasteiger partial charge in [-0.05, 0) is 61.7 Å². The minimum atomic E-state index is -1.09. The van der Waals surface area contributed by atoms with Crippen molar-refractivity contribution in [2.75, 3.05) is 6.54 Å². The number of carbonyl (C=O) groups excluding carboxylic acids is 5. The van der Waals surface area contributed by atoms with Gasteiger partial charge in [-0.3, -0.25) is 24.0 Å². The molecule has 45 heavy (non-hydrogen) atoms. The first-order valence-corrected chi connectivity index (χ1v) is 16.3. The number of carbonyl (C=O) groups is 5. The number of hydrogen-bond acceptors (Lipinski definition) is 8. The van der Waals surface area contributed by atoms with Crippen LogP contribution in [0.25, 0.3) is 0 Å². The molecular weight excluding hydrogens is 576 g/mol. The Bertz CT molecular complexity index is 1390. The normalized spacial score (nSPS) is 26.5. The van der Waals surface area contributed by atoms with E-state index in [1.807, 2.05) is 20.8 Å². The lowest BCUT2D eigenvalue weighted by Gasteiger charge is -2.36. The summed E-state index contributed by atoms with van der Waals surface area (Å²) in [6, 6.07) is -2.91. The third-order valence-electron chi connectivity index (χ3n) is 11.7. The predicted octanol–water partition coefficient (Wildman–Crippen LogP) is 2.54. The summed E-state index contributed by atoms with van der Waals surface area (Å²) in [6.45, 7) is 13.8. The van der Waals surface area contributed by atoms with Gasteiger partial charge in [-0.1, -0.05) is 60.3 Å². The molecule has 3 aliphatic carbocycles. The van der Waals surface area contributed by atoms with Crippen molar-refractivity contribution in [2.24, 2.45) is 39.0 Å². The van der Waals surface area contributed by atoms with Gasteiger partial charge in [0.05, 0.1) is 11.6 Å². The molecule has 3 saturated carbocycles. The van der Waals surface area contributed by atoms with Crippen molar-refractivity contribution in [1.82, 2.24) is 20.5 Å². The van der Waals surface area contributed by atoms with E-state index in [9.17, 15) is 24.0 Å². The van der Waals surface area contributed by atoms with Crippen LogP contribution < -0.4 is 22.1 Å². The Balaban J connectivity index is 1.43. The Morgan fingerprint density at radius 3 is 2.13 bits per heavy atom. The Morgan fingerprint density at radius 1 is 1.04 bits per heavy atom. The summed E-state index contributed by atoms with van der Waals surface area (Å²) >= 11 is 0. The summed E-state index contributed by atoms with van der Waals surface area (Å²) in [5, 5.41) is 5.70. The van der Waals surface area contributed by atoms with Gasteiger partial charge in [0.2, 0.25) is 23.5 Å². The molecule has 12 nitrogen and oxygen atoms in total. The second-order valence-electron chi connectivity index (χ2n) is 16.2. The topological polar surface area (TPSA) is 191 Å². The number of Topliss-reactive ketones (excluding diaryl/α,β-unsaturated/α-hetero) is 1. The largest absolute Gasteiger partial charge is 0.446 e. The highest BCUT2D eigenvalue weighted by atomic mass is 16.3. The molecule has 1 saturated heterocycles. The second kappa shape index (κ2) is 10.9. The molecule has 2 spiro atoms. The summed E-state index contributed by atoms with van der Waals surface area (Å²) < 4.78 is 5.43. The predicted molar refractivity (Wildman–Crippen MR) is 165 cm³/mol.